The van der Waals surface area contributed by atoms with Gasteiger partial charge in [-0.1, -0.05) is 13.8 Å². The number of halogens is 1. The van der Waals surface area contributed by atoms with Crippen molar-refractivity contribution in [3.05, 3.63) is 0 Å². The SMILES string of the molecule is CC1(C)COC12CNC2.Cl. The van der Waals surface area contributed by atoms with Gasteiger partial charge in [0.05, 0.1) is 6.61 Å². The molecule has 0 unspecified atom stereocenters. The van der Waals surface area contributed by atoms with Crippen LogP contribution in [0.2, 0.25) is 0 Å². The summed E-state index contributed by atoms with van der Waals surface area (Å²) in [6.07, 6.45) is 0. The fraction of sp³-hybridized carbons (Fsp3) is 1.00. The van der Waals surface area contributed by atoms with E-state index in [1.54, 1.807) is 0 Å². The lowest BCUT2D eigenvalue weighted by atomic mass is 9.67. The molecule has 60 valence electrons. The molecule has 0 saturated carbocycles. The van der Waals surface area contributed by atoms with E-state index in [1.807, 2.05) is 0 Å². The van der Waals surface area contributed by atoms with Crippen LogP contribution in [0.1, 0.15) is 13.8 Å². The van der Waals surface area contributed by atoms with E-state index in [0.717, 1.165) is 19.7 Å². The number of hydrogen-bond acceptors (Lipinski definition) is 2. The first kappa shape index (κ1) is 8.31. The van der Waals surface area contributed by atoms with Crippen molar-refractivity contribution < 1.29 is 4.74 Å². The predicted octanol–water partition coefficient (Wildman–Crippen LogP) is 0.807. The standard InChI is InChI=1S/C7H13NO.ClH/c1-6(2)5-9-7(6)3-8-4-7;/h8H,3-5H2,1-2H3;1H. The third kappa shape index (κ3) is 0.728. The van der Waals surface area contributed by atoms with Gasteiger partial charge >= 0.3 is 0 Å². The molecule has 10 heavy (non-hydrogen) atoms. The molecule has 2 rings (SSSR count). The van der Waals surface area contributed by atoms with Crippen molar-refractivity contribution in [3.63, 3.8) is 0 Å². The highest BCUT2D eigenvalue weighted by molar-refractivity contribution is 5.85. The van der Waals surface area contributed by atoms with Crippen LogP contribution in [0.25, 0.3) is 0 Å². The first-order valence-corrected chi connectivity index (χ1v) is 3.51. The van der Waals surface area contributed by atoms with Gasteiger partial charge in [-0.15, -0.1) is 12.4 Å². The molecule has 0 bridgehead atoms. The minimum atomic E-state index is 0. The van der Waals surface area contributed by atoms with Gasteiger partial charge in [-0.25, -0.2) is 0 Å². The Bertz CT molecular complexity index is 137. The maximum Gasteiger partial charge on any atom is 0.100 e. The van der Waals surface area contributed by atoms with Crippen molar-refractivity contribution in [2.75, 3.05) is 19.7 Å². The van der Waals surface area contributed by atoms with E-state index in [9.17, 15) is 0 Å². The molecule has 0 atom stereocenters. The number of nitrogens with one attached hydrogen (secondary N) is 1. The van der Waals surface area contributed by atoms with E-state index in [2.05, 4.69) is 19.2 Å². The monoisotopic (exact) mass is 163 g/mol. The van der Waals surface area contributed by atoms with Crippen LogP contribution in [-0.2, 0) is 4.74 Å². The van der Waals surface area contributed by atoms with Crippen LogP contribution in [-0.4, -0.2) is 25.3 Å². The Morgan fingerprint density at radius 2 is 1.90 bits per heavy atom. The molecular weight excluding hydrogens is 150 g/mol. The minimum absolute atomic E-state index is 0. The van der Waals surface area contributed by atoms with Crippen LogP contribution in [0.4, 0.5) is 0 Å². The van der Waals surface area contributed by atoms with Gasteiger partial charge in [-0.3, -0.25) is 0 Å². The summed E-state index contributed by atoms with van der Waals surface area (Å²) >= 11 is 0. The zero-order chi connectivity index (χ0) is 6.54. The number of rotatable bonds is 0. The summed E-state index contributed by atoms with van der Waals surface area (Å²) in [6, 6.07) is 0. The Labute approximate surface area is 67.7 Å². The second-order valence-corrected chi connectivity index (χ2v) is 3.77. The molecule has 0 aromatic carbocycles. The summed E-state index contributed by atoms with van der Waals surface area (Å²) in [5.74, 6) is 0. The molecule has 2 fully saturated rings. The highest BCUT2D eigenvalue weighted by Crippen LogP contribution is 2.46. The van der Waals surface area contributed by atoms with Crippen LogP contribution in [0.15, 0.2) is 0 Å². The second-order valence-electron chi connectivity index (χ2n) is 3.77. The van der Waals surface area contributed by atoms with Gasteiger partial charge < -0.3 is 10.1 Å². The molecule has 0 aromatic rings. The van der Waals surface area contributed by atoms with Crippen molar-refractivity contribution in [3.8, 4) is 0 Å². The van der Waals surface area contributed by atoms with Crippen LogP contribution >= 0.6 is 12.4 Å². The van der Waals surface area contributed by atoms with Crippen LogP contribution in [0.5, 0.6) is 0 Å². The second kappa shape index (κ2) is 2.10. The zero-order valence-corrected chi connectivity index (χ0v) is 7.25. The first-order chi connectivity index (χ1) is 4.16. The summed E-state index contributed by atoms with van der Waals surface area (Å²) in [7, 11) is 0. The molecular formula is C7H14ClNO. The first-order valence-electron chi connectivity index (χ1n) is 3.51. The average Bonchev–Trinajstić information content (AvgIpc) is 1.59. The van der Waals surface area contributed by atoms with Gasteiger partial charge in [0.2, 0.25) is 0 Å². The highest BCUT2D eigenvalue weighted by atomic mass is 35.5. The zero-order valence-electron chi connectivity index (χ0n) is 6.44. The van der Waals surface area contributed by atoms with Crippen molar-refractivity contribution in [1.29, 1.82) is 0 Å². The normalized spacial score (nSPS) is 31.8. The summed E-state index contributed by atoms with van der Waals surface area (Å²) in [5, 5.41) is 3.23. The molecule has 0 radical (unpaired) electrons. The van der Waals surface area contributed by atoms with Gasteiger partial charge in [0.15, 0.2) is 0 Å². The molecule has 1 spiro atoms. The molecule has 2 heterocycles. The third-order valence-electron chi connectivity index (χ3n) is 2.76. The molecule has 2 aliphatic heterocycles. The summed E-state index contributed by atoms with van der Waals surface area (Å²) in [5.41, 5.74) is 0.658. The van der Waals surface area contributed by atoms with Crippen LogP contribution < -0.4 is 5.32 Å². The lowest BCUT2D eigenvalue weighted by molar-refractivity contribution is -0.272. The van der Waals surface area contributed by atoms with Gasteiger partial charge in [-0.05, 0) is 0 Å². The largest absolute Gasteiger partial charge is 0.371 e. The minimum Gasteiger partial charge on any atom is -0.371 e. The summed E-state index contributed by atoms with van der Waals surface area (Å²) in [4.78, 5) is 0. The Balaban J connectivity index is 0.000000500. The van der Waals surface area contributed by atoms with Gasteiger partial charge in [-0.2, -0.15) is 0 Å². The molecule has 0 amide bonds. The number of ether oxygens (including phenoxy) is 1. The maximum absolute atomic E-state index is 5.51. The molecule has 1 N–H and O–H groups in total. The van der Waals surface area contributed by atoms with Crippen LogP contribution in [0, 0.1) is 5.41 Å². The van der Waals surface area contributed by atoms with E-state index >= 15 is 0 Å². The van der Waals surface area contributed by atoms with Gasteiger partial charge in [0, 0.05) is 18.5 Å². The number of hydrogen-bond donors (Lipinski definition) is 1. The van der Waals surface area contributed by atoms with Crippen molar-refractivity contribution >= 4 is 12.4 Å². The Hall–Kier alpha value is 0.210. The van der Waals surface area contributed by atoms with Crippen LogP contribution in [0.3, 0.4) is 0 Å². The highest BCUT2D eigenvalue weighted by Gasteiger charge is 2.58. The lowest BCUT2D eigenvalue weighted by Gasteiger charge is -2.61. The van der Waals surface area contributed by atoms with Gasteiger partial charge in [0.1, 0.15) is 5.60 Å². The van der Waals surface area contributed by atoms with E-state index in [4.69, 9.17) is 4.74 Å². The lowest BCUT2D eigenvalue weighted by Crippen LogP contribution is -2.76. The third-order valence-corrected chi connectivity index (χ3v) is 2.76. The quantitative estimate of drug-likeness (QED) is 0.571. The molecule has 0 aliphatic carbocycles. The maximum atomic E-state index is 5.51. The molecule has 0 aromatic heterocycles. The van der Waals surface area contributed by atoms with Crippen molar-refractivity contribution in [1.82, 2.24) is 5.32 Å². The van der Waals surface area contributed by atoms with Crippen molar-refractivity contribution in [2.45, 2.75) is 19.4 Å². The van der Waals surface area contributed by atoms with E-state index in [1.165, 1.54) is 0 Å². The summed E-state index contributed by atoms with van der Waals surface area (Å²) < 4.78 is 5.51. The van der Waals surface area contributed by atoms with Gasteiger partial charge in [0.25, 0.3) is 0 Å². The molecule has 3 heteroatoms. The Morgan fingerprint density at radius 1 is 1.30 bits per heavy atom. The van der Waals surface area contributed by atoms with E-state index in [-0.39, 0.29) is 18.0 Å². The topological polar surface area (TPSA) is 21.3 Å². The van der Waals surface area contributed by atoms with E-state index in [0.29, 0.717) is 5.41 Å². The molecule has 2 aliphatic rings. The fourth-order valence-corrected chi connectivity index (χ4v) is 1.50. The smallest absolute Gasteiger partial charge is 0.100 e. The Morgan fingerprint density at radius 3 is 1.90 bits per heavy atom. The Kier molecular flexibility index (Phi) is 1.74. The summed E-state index contributed by atoms with van der Waals surface area (Å²) in [6.45, 7) is 7.60. The average molecular weight is 164 g/mol. The van der Waals surface area contributed by atoms with E-state index < -0.39 is 0 Å². The molecule has 2 nitrogen and oxygen atoms in total. The fourth-order valence-electron chi connectivity index (χ4n) is 1.50. The predicted molar refractivity (Wildman–Crippen MR) is 42.6 cm³/mol. The van der Waals surface area contributed by atoms with Crippen molar-refractivity contribution in [2.24, 2.45) is 5.41 Å². The molecule has 2 saturated heterocycles.